The highest BCUT2D eigenvalue weighted by molar-refractivity contribution is 5.30. The number of hydrogen-bond acceptors (Lipinski definition) is 2. The summed E-state index contributed by atoms with van der Waals surface area (Å²) in [6.07, 6.45) is 19.0. The largest absolute Gasteiger partial charge is 0.393 e. The Morgan fingerprint density at radius 2 is 1.84 bits per heavy atom. The van der Waals surface area contributed by atoms with Crippen molar-refractivity contribution in [2.24, 2.45) is 40.4 Å². The zero-order valence-electron chi connectivity index (χ0n) is 21.4. The van der Waals surface area contributed by atoms with Gasteiger partial charge in [0.15, 0.2) is 0 Å². The van der Waals surface area contributed by atoms with Crippen molar-refractivity contribution in [2.45, 2.75) is 91.6 Å². The molecule has 2 nitrogen and oxygen atoms in total. The summed E-state index contributed by atoms with van der Waals surface area (Å²) in [6.45, 7) is 12.4. The average Bonchev–Trinajstić information content (AvgIpc) is 3.11. The van der Waals surface area contributed by atoms with Crippen LogP contribution >= 0.6 is 0 Å². The lowest BCUT2D eigenvalue weighted by Gasteiger charge is -2.57. The quantitative estimate of drug-likeness (QED) is 0.492. The molecule has 3 saturated carbocycles. The first-order valence-electron chi connectivity index (χ1n) is 13.7. The van der Waals surface area contributed by atoms with Gasteiger partial charge in [-0.3, -0.25) is 0 Å². The van der Waals surface area contributed by atoms with Crippen molar-refractivity contribution in [2.75, 3.05) is 20.1 Å². The van der Waals surface area contributed by atoms with Crippen molar-refractivity contribution < 1.29 is 5.11 Å². The van der Waals surface area contributed by atoms with Gasteiger partial charge in [0.1, 0.15) is 0 Å². The molecule has 32 heavy (non-hydrogen) atoms. The summed E-state index contributed by atoms with van der Waals surface area (Å²) < 4.78 is 0. The molecule has 8 atom stereocenters. The highest BCUT2D eigenvalue weighted by Crippen LogP contribution is 2.66. The molecule has 4 aliphatic carbocycles. The Hall–Kier alpha value is -0.860. The Morgan fingerprint density at radius 1 is 1.09 bits per heavy atom. The second kappa shape index (κ2) is 8.42. The van der Waals surface area contributed by atoms with Crippen LogP contribution in [0.15, 0.2) is 34.9 Å². The van der Waals surface area contributed by atoms with Crippen molar-refractivity contribution >= 4 is 0 Å². The average molecular weight is 438 g/mol. The Morgan fingerprint density at radius 3 is 2.62 bits per heavy atom. The number of fused-ring (bicyclic) bond motifs is 5. The first-order chi connectivity index (χ1) is 15.2. The number of rotatable bonds is 3. The van der Waals surface area contributed by atoms with Gasteiger partial charge in [-0.2, -0.15) is 0 Å². The number of allylic oxidation sites excluding steroid dienone is 4. The molecule has 0 radical (unpaired) electrons. The van der Waals surface area contributed by atoms with Gasteiger partial charge in [0, 0.05) is 13.1 Å². The van der Waals surface area contributed by atoms with E-state index in [-0.39, 0.29) is 6.10 Å². The first kappa shape index (κ1) is 22.9. The summed E-state index contributed by atoms with van der Waals surface area (Å²) in [6, 6.07) is 0. The molecule has 0 saturated heterocycles. The van der Waals surface area contributed by atoms with E-state index in [0.29, 0.717) is 22.7 Å². The van der Waals surface area contributed by atoms with Crippen LogP contribution in [0.2, 0.25) is 0 Å². The minimum Gasteiger partial charge on any atom is -0.393 e. The van der Waals surface area contributed by atoms with Gasteiger partial charge in [-0.25, -0.2) is 0 Å². The number of hydrogen-bond donors (Lipinski definition) is 1. The molecule has 0 bridgehead atoms. The normalized spacial score (nSPS) is 45.9. The summed E-state index contributed by atoms with van der Waals surface area (Å²) in [5.41, 5.74) is 5.91. The van der Waals surface area contributed by atoms with Crippen LogP contribution in [0.4, 0.5) is 0 Å². The van der Waals surface area contributed by atoms with Crippen LogP contribution in [0.3, 0.4) is 0 Å². The molecule has 5 aliphatic rings. The van der Waals surface area contributed by atoms with E-state index >= 15 is 0 Å². The molecule has 1 heterocycles. The van der Waals surface area contributed by atoms with E-state index in [0.717, 1.165) is 37.1 Å². The van der Waals surface area contributed by atoms with Gasteiger partial charge < -0.3 is 10.0 Å². The molecule has 0 unspecified atom stereocenters. The van der Waals surface area contributed by atoms with E-state index in [4.69, 9.17) is 0 Å². The molecular formula is C30H47NO. The first-order valence-corrected chi connectivity index (χ1v) is 13.7. The summed E-state index contributed by atoms with van der Waals surface area (Å²) in [5, 5.41) is 10.3. The van der Waals surface area contributed by atoms with Crippen molar-refractivity contribution in [3.8, 4) is 0 Å². The van der Waals surface area contributed by atoms with Crippen LogP contribution in [0.25, 0.3) is 0 Å². The van der Waals surface area contributed by atoms with Gasteiger partial charge in [0.25, 0.3) is 0 Å². The van der Waals surface area contributed by atoms with E-state index < -0.39 is 0 Å². The van der Waals surface area contributed by atoms with Crippen LogP contribution in [-0.2, 0) is 0 Å². The second-order valence-electron chi connectivity index (χ2n) is 12.9. The molecule has 0 spiro atoms. The monoisotopic (exact) mass is 437 g/mol. The fraction of sp³-hybridized carbons (Fsp3) is 0.800. The Bertz CT molecular complexity index is 823. The summed E-state index contributed by atoms with van der Waals surface area (Å²) in [7, 11) is 2.24. The van der Waals surface area contributed by atoms with Gasteiger partial charge in [0.2, 0.25) is 0 Å². The maximum absolute atomic E-state index is 10.3. The van der Waals surface area contributed by atoms with E-state index in [2.05, 4.69) is 57.9 Å². The molecule has 3 fully saturated rings. The Labute approximate surface area is 197 Å². The van der Waals surface area contributed by atoms with E-state index in [1.54, 1.807) is 11.1 Å². The van der Waals surface area contributed by atoms with Gasteiger partial charge >= 0.3 is 0 Å². The van der Waals surface area contributed by atoms with Crippen LogP contribution in [0.5, 0.6) is 0 Å². The molecule has 0 aromatic rings. The molecule has 1 N–H and O–H groups in total. The number of nitrogens with zero attached hydrogens (tertiary/aromatic N) is 1. The van der Waals surface area contributed by atoms with Crippen molar-refractivity contribution in [3.63, 3.8) is 0 Å². The van der Waals surface area contributed by atoms with Crippen molar-refractivity contribution in [3.05, 3.63) is 34.9 Å². The Kier molecular flexibility index (Phi) is 6.03. The highest BCUT2D eigenvalue weighted by Gasteiger charge is 2.57. The van der Waals surface area contributed by atoms with E-state index in [1.165, 1.54) is 51.5 Å². The molecular weight excluding hydrogens is 390 g/mol. The number of aliphatic hydroxyl groups is 1. The topological polar surface area (TPSA) is 23.5 Å². The van der Waals surface area contributed by atoms with Crippen LogP contribution in [-0.4, -0.2) is 36.2 Å². The van der Waals surface area contributed by atoms with Crippen LogP contribution in [0.1, 0.15) is 85.5 Å². The third-order valence-electron chi connectivity index (χ3n) is 11.2. The molecule has 0 aromatic heterocycles. The Balaban J connectivity index is 1.34. The van der Waals surface area contributed by atoms with Gasteiger partial charge in [0.05, 0.1) is 6.10 Å². The van der Waals surface area contributed by atoms with E-state index in [9.17, 15) is 5.11 Å². The van der Waals surface area contributed by atoms with Gasteiger partial charge in [-0.1, -0.05) is 50.1 Å². The standard InChI is InChI=1S/C30H47NO/c1-20(6-7-22-14-17-31(5)19-21(22)2)26-10-11-27-25-9-8-23-18-24(32)12-15-29(23,3)28(25)13-16-30(26,27)4/h6-7,9,20,23-24,26-28,32H,8,10-19H2,1-5H3/b7-6+/t20-,23+,24+,26-,27+,28+,29+,30-/m1/s1. The molecule has 178 valence electrons. The third-order valence-corrected chi connectivity index (χ3v) is 11.2. The zero-order valence-corrected chi connectivity index (χ0v) is 21.4. The van der Waals surface area contributed by atoms with Gasteiger partial charge in [-0.15, -0.1) is 0 Å². The highest BCUT2D eigenvalue weighted by atomic mass is 16.3. The second-order valence-corrected chi connectivity index (χ2v) is 12.9. The van der Waals surface area contributed by atoms with Crippen LogP contribution < -0.4 is 0 Å². The molecule has 5 rings (SSSR count). The molecule has 1 aliphatic heterocycles. The lowest BCUT2D eigenvalue weighted by Crippen LogP contribution is -2.49. The predicted molar refractivity (Wildman–Crippen MR) is 134 cm³/mol. The SMILES string of the molecule is CC1=C(/C=C/[C@@H](C)[C@H]2CC[C@H]3C4=CC[C@H]5C[C@@H](O)CC[C@]5(C)[C@H]4CC[C@]23C)CCN(C)C1. The predicted octanol–water partition coefficient (Wildman–Crippen LogP) is 6.77. The van der Waals surface area contributed by atoms with Crippen LogP contribution in [0, 0.1) is 40.4 Å². The van der Waals surface area contributed by atoms with Crippen molar-refractivity contribution in [1.29, 1.82) is 0 Å². The summed E-state index contributed by atoms with van der Waals surface area (Å²) >= 11 is 0. The number of aliphatic hydroxyl groups excluding tert-OH is 1. The van der Waals surface area contributed by atoms with E-state index in [1.807, 2.05) is 5.57 Å². The number of likely N-dealkylation sites (N-methyl/N-ethyl adjacent to an activating group) is 1. The minimum absolute atomic E-state index is 0.0521. The summed E-state index contributed by atoms with van der Waals surface area (Å²) in [4.78, 5) is 2.44. The van der Waals surface area contributed by atoms with Gasteiger partial charge in [-0.05, 0) is 118 Å². The molecule has 0 aromatic carbocycles. The third kappa shape index (κ3) is 3.68. The molecule has 0 amide bonds. The smallest absolute Gasteiger partial charge is 0.0543 e. The lowest BCUT2D eigenvalue weighted by atomic mass is 9.47. The molecule has 2 heteroatoms. The lowest BCUT2D eigenvalue weighted by molar-refractivity contribution is -0.0414. The fourth-order valence-corrected chi connectivity index (χ4v) is 9.13. The fourth-order valence-electron chi connectivity index (χ4n) is 9.13. The summed E-state index contributed by atoms with van der Waals surface area (Å²) in [5.74, 6) is 3.77. The maximum Gasteiger partial charge on any atom is 0.0543 e. The zero-order chi connectivity index (χ0) is 22.7. The maximum atomic E-state index is 10.3. The minimum atomic E-state index is -0.0521. The van der Waals surface area contributed by atoms with Crippen molar-refractivity contribution in [1.82, 2.24) is 4.90 Å².